The molecule has 2 atom stereocenters. The molecule has 29 heavy (non-hydrogen) atoms. The topological polar surface area (TPSA) is 55.4 Å². The van der Waals surface area contributed by atoms with Crippen LogP contribution in [0.15, 0.2) is 72.8 Å². The van der Waals surface area contributed by atoms with Crippen LogP contribution in [0.25, 0.3) is 10.8 Å². The van der Waals surface area contributed by atoms with Crippen molar-refractivity contribution in [2.75, 3.05) is 7.11 Å². The van der Waals surface area contributed by atoms with Gasteiger partial charge in [-0.25, -0.2) is 0 Å². The second-order valence-corrected chi connectivity index (χ2v) is 8.23. The van der Waals surface area contributed by atoms with Crippen LogP contribution in [0.4, 0.5) is 0 Å². The number of hydrogen-bond acceptors (Lipinski definition) is 4. The number of Topliss-reactive ketones (excluding diaryl/α,β-unsaturated/α-hetero) is 1. The van der Waals surface area contributed by atoms with Gasteiger partial charge in [-0.1, -0.05) is 66.7 Å². The first-order chi connectivity index (χ1) is 14.1. The highest BCUT2D eigenvalue weighted by Gasteiger charge is 2.62. The fraction of sp³-hybridized carbons (Fsp3) is 0.280. The Morgan fingerprint density at radius 3 is 2.34 bits per heavy atom. The van der Waals surface area contributed by atoms with Crippen LogP contribution in [-0.2, 0) is 9.53 Å². The van der Waals surface area contributed by atoms with Crippen molar-refractivity contribution in [1.82, 2.24) is 5.32 Å². The van der Waals surface area contributed by atoms with E-state index in [2.05, 4.69) is 11.4 Å². The van der Waals surface area contributed by atoms with E-state index >= 15 is 0 Å². The zero-order valence-electron chi connectivity index (χ0n) is 16.3. The lowest BCUT2D eigenvalue weighted by Gasteiger charge is -2.59. The number of fused-ring (bicyclic) bond motifs is 3. The van der Waals surface area contributed by atoms with E-state index in [1.165, 1.54) is 7.11 Å². The Labute approximate surface area is 169 Å². The highest BCUT2D eigenvalue weighted by atomic mass is 16.5. The second-order valence-electron chi connectivity index (χ2n) is 8.23. The Hall–Kier alpha value is -2.98. The molecule has 3 aromatic carbocycles. The summed E-state index contributed by atoms with van der Waals surface area (Å²) in [5, 5.41) is 5.65. The molecular formula is C25H23NO3. The van der Waals surface area contributed by atoms with Gasteiger partial charge in [0.1, 0.15) is 6.04 Å². The van der Waals surface area contributed by atoms with Crippen molar-refractivity contribution in [2.45, 2.75) is 24.9 Å². The molecule has 146 valence electrons. The first-order valence-electron chi connectivity index (χ1n) is 10.0. The number of esters is 1. The Morgan fingerprint density at radius 1 is 0.931 bits per heavy atom. The second kappa shape index (κ2) is 6.82. The van der Waals surface area contributed by atoms with Gasteiger partial charge < -0.3 is 4.74 Å². The molecule has 2 aliphatic heterocycles. The highest BCUT2D eigenvalue weighted by Crippen LogP contribution is 2.60. The van der Waals surface area contributed by atoms with Crippen LogP contribution < -0.4 is 5.32 Å². The van der Waals surface area contributed by atoms with Gasteiger partial charge in [-0.15, -0.1) is 0 Å². The van der Waals surface area contributed by atoms with E-state index in [-0.39, 0.29) is 29.8 Å². The van der Waals surface area contributed by atoms with Gasteiger partial charge in [0.2, 0.25) is 0 Å². The molecule has 2 bridgehead atoms. The van der Waals surface area contributed by atoms with Crippen LogP contribution in [0, 0.1) is 11.3 Å². The van der Waals surface area contributed by atoms with Crippen molar-refractivity contribution in [2.24, 2.45) is 11.3 Å². The number of piperidine rings is 2. The van der Waals surface area contributed by atoms with Gasteiger partial charge in [0.05, 0.1) is 12.5 Å². The van der Waals surface area contributed by atoms with Crippen molar-refractivity contribution in [1.29, 1.82) is 0 Å². The SMILES string of the molecule is COC(=O)[C@H]1N[C@@H](c2ccccc2)C2(C(=O)c3ccc4ccccc4c3)CC1C2. The first-order valence-corrected chi connectivity index (χ1v) is 10.0. The summed E-state index contributed by atoms with van der Waals surface area (Å²) in [6, 6.07) is 23.4. The average molecular weight is 385 g/mol. The van der Waals surface area contributed by atoms with Gasteiger partial charge in [-0.05, 0) is 41.2 Å². The number of methoxy groups -OCH3 is 1. The van der Waals surface area contributed by atoms with E-state index in [9.17, 15) is 9.59 Å². The Bertz CT molecular complexity index is 1090. The van der Waals surface area contributed by atoms with Crippen molar-refractivity contribution in [3.8, 4) is 0 Å². The molecule has 6 rings (SSSR count). The summed E-state index contributed by atoms with van der Waals surface area (Å²) in [6.45, 7) is 0. The van der Waals surface area contributed by atoms with Crippen molar-refractivity contribution in [3.63, 3.8) is 0 Å². The van der Waals surface area contributed by atoms with Crippen LogP contribution in [-0.4, -0.2) is 24.9 Å². The zero-order valence-corrected chi connectivity index (χ0v) is 16.3. The minimum Gasteiger partial charge on any atom is -0.468 e. The summed E-state index contributed by atoms with van der Waals surface area (Å²) in [6.07, 6.45) is 1.40. The van der Waals surface area contributed by atoms with Gasteiger partial charge in [-0.2, -0.15) is 0 Å². The Balaban J connectivity index is 1.55. The van der Waals surface area contributed by atoms with E-state index < -0.39 is 5.41 Å². The molecule has 0 aromatic heterocycles. The van der Waals surface area contributed by atoms with Crippen LogP contribution in [0.1, 0.15) is 34.8 Å². The largest absolute Gasteiger partial charge is 0.468 e. The van der Waals surface area contributed by atoms with Crippen LogP contribution in [0.2, 0.25) is 0 Å². The van der Waals surface area contributed by atoms with Crippen LogP contribution in [0.3, 0.4) is 0 Å². The first kappa shape index (κ1) is 18.1. The molecule has 3 aromatic rings. The minimum absolute atomic E-state index is 0.131. The molecule has 0 spiro atoms. The molecular weight excluding hydrogens is 362 g/mol. The fourth-order valence-electron chi connectivity index (χ4n) is 5.21. The Morgan fingerprint density at radius 2 is 1.62 bits per heavy atom. The lowest BCUT2D eigenvalue weighted by Crippen LogP contribution is -2.66. The highest BCUT2D eigenvalue weighted by molar-refractivity contribution is 6.05. The number of carbonyl (C=O) groups is 2. The molecule has 4 heteroatoms. The number of rotatable bonds is 4. The monoisotopic (exact) mass is 385 g/mol. The van der Waals surface area contributed by atoms with Gasteiger partial charge in [-0.3, -0.25) is 14.9 Å². The maximum Gasteiger partial charge on any atom is 0.323 e. The van der Waals surface area contributed by atoms with E-state index in [4.69, 9.17) is 4.74 Å². The molecule has 1 N–H and O–H groups in total. The number of hydrogen-bond donors (Lipinski definition) is 1. The van der Waals surface area contributed by atoms with Crippen molar-refractivity contribution in [3.05, 3.63) is 83.9 Å². The summed E-state index contributed by atoms with van der Waals surface area (Å²) < 4.78 is 5.01. The molecule has 1 aliphatic carbocycles. The van der Waals surface area contributed by atoms with Crippen LogP contribution >= 0.6 is 0 Å². The quantitative estimate of drug-likeness (QED) is 0.537. The summed E-state index contributed by atoms with van der Waals surface area (Å²) in [5.41, 5.74) is 1.24. The molecule has 0 radical (unpaired) electrons. The number of carbonyl (C=O) groups excluding carboxylic acids is 2. The molecule has 0 unspecified atom stereocenters. The summed E-state index contributed by atoms with van der Waals surface area (Å²) in [7, 11) is 1.42. The average Bonchev–Trinajstić information content (AvgIpc) is 2.77. The predicted molar refractivity (Wildman–Crippen MR) is 112 cm³/mol. The normalized spacial score (nSPS) is 27.8. The van der Waals surface area contributed by atoms with E-state index in [0.29, 0.717) is 12.8 Å². The molecule has 2 saturated heterocycles. The lowest BCUT2D eigenvalue weighted by atomic mass is 9.49. The maximum atomic E-state index is 13.8. The fourth-order valence-corrected chi connectivity index (χ4v) is 5.21. The van der Waals surface area contributed by atoms with Gasteiger partial charge in [0, 0.05) is 11.6 Å². The molecule has 1 saturated carbocycles. The van der Waals surface area contributed by atoms with E-state index in [1.807, 2.05) is 66.7 Å². The van der Waals surface area contributed by atoms with Crippen LogP contribution in [0.5, 0.6) is 0 Å². The van der Waals surface area contributed by atoms with Gasteiger partial charge in [0.15, 0.2) is 5.78 Å². The number of benzene rings is 3. The molecule has 0 amide bonds. The van der Waals surface area contributed by atoms with E-state index in [1.54, 1.807) is 0 Å². The van der Waals surface area contributed by atoms with Crippen molar-refractivity contribution < 1.29 is 14.3 Å². The molecule has 4 nitrogen and oxygen atoms in total. The van der Waals surface area contributed by atoms with Crippen molar-refractivity contribution >= 4 is 22.5 Å². The third-order valence-electron chi connectivity index (χ3n) is 6.67. The smallest absolute Gasteiger partial charge is 0.323 e. The minimum atomic E-state index is -0.529. The van der Waals surface area contributed by atoms with E-state index in [0.717, 1.165) is 21.9 Å². The standard InChI is InChI=1S/C25H23NO3/c1-29-24(28)21-20-14-25(15-20,22(26-21)17-8-3-2-4-9-17)23(27)19-12-11-16-7-5-6-10-18(16)13-19/h2-13,20-22,26H,14-15H2,1H3/t20?,21-,22-,25?/m0/s1. The number of ether oxygens (including phenoxy) is 1. The molecule has 2 heterocycles. The summed E-state index contributed by atoms with van der Waals surface area (Å²) in [5.74, 6) is 0.0402. The molecule has 3 aliphatic rings. The zero-order chi connectivity index (χ0) is 20.0. The van der Waals surface area contributed by atoms with Gasteiger partial charge >= 0.3 is 5.97 Å². The third kappa shape index (κ3) is 2.78. The summed E-state index contributed by atoms with van der Waals surface area (Å²) in [4.78, 5) is 26.1. The molecule has 3 fully saturated rings. The third-order valence-corrected chi connectivity index (χ3v) is 6.67. The number of nitrogens with one attached hydrogen (secondary N) is 1. The predicted octanol–water partition coefficient (Wildman–Crippen LogP) is 4.31. The number of ketones is 1. The Kier molecular flexibility index (Phi) is 4.25. The van der Waals surface area contributed by atoms with Gasteiger partial charge in [0.25, 0.3) is 0 Å². The lowest BCUT2D eigenvalue weighted by molar-refractivity contribution is -0.153. The summed E-state index contributed by atoms with van der Waals surface area (Å²) >= 11 is 0. The maximum absolute atomic E-state index is 13.8.